The van der Waals surface area contributed by atoms with E-state index >= 15 is 0 Å². The van der Waals surface area contributed by atoms with Gasteiger partial charge in [0.2, 0.25) is 20.0 Å². The molecule has 2 aliphatic carbocycles. The van der Waals surface area contributed by atoms with Crippen molar-refractivity contribution < 1.29 is 47.6 Å². The number of hydrogen-bond donors (Lipinski definition) is 4. The molecule has 16 nitrogen and oxygen atoms in total. The van der Waals surface area contributed by atoms with Gasteiger partial charge in [0.05, 0.1) is 9.79 Å². The minimum absolute atomic E-state index is 0. The number of nitrogens with one attached hydrogen (secondary N) is 2. The fourth-order valence-electron chi connectivity index (χ4n) is 11.0. The zero-order valence-electron chi connectivity index (χ0n) is 40.7. The molecule has 8 N–H and O–H groups in total. The fraction of sp³-hybridized carbons (Fsp3) is 0.680. The van der Waals surface area contributed by atoms with Crippen molar-refractivity contribution in [1.82, 2.24) is 29.0 Å². The second-order valence-corrected chi connectivity index (χ2v) is 23.3. The Kier molecular flexibility index (Phi) is 23.5. The first-order valence-corrected chi connectivity index (χ1v) is 27.8. The summed E-state index contributed by atoms with van der Waals surface area (Å²) in [6.45, 7) is 9.60. The number of benzene rings is 2. The summed E-state index contributed by atoms with van der Waals surface area (Å²) in [6, 6.07) is 12.5. The van der Waals surface area contributed by atoms with E-state index in [1.165, 1.54) is 125 Å². The first-order valence-electron chi connectivity index (χ1n) is 24.9. The van der Waals surface area contributed by atoms with E-state index in [1.807, 2.05) is 24.3 Å². The summed E-state index contributed by atoms with van der Waals surface area (Å²) in [6.07, 6.45) is 23.5. The van der Waals surface area contributed by atoms with Gasteiger partial charge in [0.15, 0.2) is 0 Å². The first kappa shape index (κ1) is 57.3. The Morgan fingerprint density at radius 3 is 1.28 bits per heavy atom. The van der Waals surface area contributed by atoms with Crippen LogP contribution in [0.1, 0.15) is 125 Å². The number of nitrogens with zero attached hydrogens (tertiary/aromatic N) is 4. The standard InChI is InChI=1S/2C23H37N3O2S.C4H4O4.2H2O/c2*1-25-14-5-8-22(25)11-13-24-29(27,28)23-10-9-20-12-15-26(18-21(20)16-23)17-19-6-3-2-4-7-19;5-3(6)1-2-4(7)8;;/h2*9-10,16,19,22,24H,2-8,11-15,17-18H2,1H3;1-2H,(H,5,6)(H,7,8);2*1H2/b;;2-1+;;/t22-;;;;/m0..../s1. The summed E-state index contributed by atoms with van der Waals surface area (Å²) < 4.78 is 57.0. The minimum atomic E-state index is -3.43. The van der Waals surface area contributed by atoms with Gasteiger partial charge in [-0.05, 0) is 163 Å². The van der Waals surface area contributed by atoms with Crippen LogP contribution < -0.4 is 9.44 Å². The molecule has 0 bridgehead atoms. The number of fused-ring (bicyclic) bond motifs is 2. The largest absolute Gasteiger partial charge is 0.478 e. The van der Waals surface area contributed by atoms with Crippen molar-refractivity contribution >= 4 is 32.0 Å². The van der Waals surface area contributed by atoms with Crippen molar-refractivity contribution in [3.05, 3.63) is 70.8 Å². The van der Waals surface area contributed by atoms with Crippen molar-refractivity contribution in [2.24, 2.45) is 11.8 Å². The molecule has 2 aromatic carbocycles. The summed E-state index contributed by atoms with van der Waals surface area (Å²) in [5, 5.41) is 15.6. The molecular formula is C50H82N6O10S2. The predicted molar refractivity (Wildman–Crippen MR) is 267 cm³/mol. The predicted octanol–water partition coefficient (Wildman–Crippen LogP) is 4.84. The second-order valence-electron chi connectivity index (χ2n) is 19.8. The average molecular weight is 991 g/mol. The smallest absolute Gasteiger partial charge is 0.328 e. The van der Waals surface area contributed by atoms with Gasteiger partial charge in [-0.25, -0.2) is 35.9 Å². The molecule has 2 atom stereocenters. The van der Waals surface area contributed by atoms with E-state index in [0.717, 1.165) is 76.8 Å². The molecule has 2 saturated heterocycles. The molecule has 1 unspecified atom stereocenters. The molecule has 6 aliphatic rings. The Hall–Kier alpha value is -3.30. The molecule has 18 heteroatoms. The highest BCUT2D eigenvalue weighted by atomic mass is 32.2. The highest BCUT2D eigenvalue weighted by molar-refractivity contribution is 7.89. The number of hydrogen-bond acceptors (Lipinski definition) is 10. The Morgan fingerprint density at radius 1 is 0.559 bits per heavy atom. The van der Waals surface area contributed by atoms with E-state index in [-0.39, 0.29) is 11.0 Å². The normalized spacial score (nSPS) is 22.1. The highest BCUT2D eigenvalue weighted by Gasteiger charge is 2.27. The van der Waals surface area contributed by atoms with Gasteiger partial charge in [-0.15, -0.1) is 0 Å². The molecule has 0 amide bonds. The Bertz CT molecular complexity index is 2000. The third-order valence-electron chi connectivity index (χ3n) is 14.9. The van der Waals surface area contributed by atoms with Gasteiger partial charge in [0.1, 0.15) is 0 Å². The number of carboxylic acid groups (broad SMARTS) is 2. The van der Waals surface area contributed by atoms with Gasteiger partial charge in [0, 0.05) is 76.6 Å². The number of likely N-dealkylation sites (tertiary alicyclic amines) is 2. The van der Waals surface area contributed by atoms with Crippen molar-refractivity contribution in [2.45, 2.75) is 151 Å². The maximum absolute atomic E-state index is 12.8. The summed E-state index contributed by atoms with van der Waals surface area (Å²) in [7, 11) is -2.60. The lowest BCUT2D eigenvalue weighted by atomic mass is 9.88. The Balaban J connectivity index is 0.000000250. The molecule has 68 heavy (non-hydrogen) atoms. The number of carbonyl (C=O) groups is 2. The van der Waals surface area contributed by atoms with Gasteiger partial charge in [-0.1, -0.05) is 50.7 Å². The van der Waals surface area contributed by atoms with Gasteiger partial charge in [-0.2, -0.15) is 0 Å². The third kappa shape index (κ3) is 17.8. The van der Waals surface area contributed by atoms with Crippen LogP contribution in [0, 0.1) is 11.8 Å². The summed E-state index contributed by atoms with van der Waals surface area (Å²) in [5.41, 5.74) is 5.03. The summed E-state index contributed by atoms with van der Waals surface area (Å²) in [5.74, 6) is -0.861. The lowest BCUT2D eigenvalue weighted by molar-refractivity contribution is -0.134. The number of carboxylic acids is 2. The number of aliphatic carboxylic acids is 2. The molecule has 384 valence electrons. The highest BCUT2D eigenvalue weighted by Crippen LogP contribution is 2.30. The summed E-state index contributed by atoms with van der Waals surface area (Å²) >= 11 is 0. The molecule has 4 aliphatic heterocycles. The molecule has 4 heterocycles. The van der Waals surface area contributed by atoms with Gasteiger partial charge in [0.25, 0.3) is 0 Å². The van der Waals surface area contributed by atoms with Crippen LogP contribution in [0.5, 0.6) is 0 Å². The van der Waals surface area contributed by atoms with Crippen LogP contribution in [0.15, 0.2) is 58.3 Å². The molecule has 8 rings (SSSR count). The van der Waals surface area contributed by atoms with Crippen molar-refractivity contribution in [2.75, 3.05) is 66.5 Å². The van der Waals surface area contributed by atoms with E-state index < -0.39 is 32.0 Å². The fourth-order valence-corrected chi connectivity index (χ4v) is 13.2. The number of sulfonamides is 2. The molecule has 0 radical (unpaired) electrons. The van der Waals surface area contributed by atoms with Crippen LogP contribution in [0.25, 0.3) is 0 Å². The van der Waals surface area contributed by atoms with Crippen molar-refractivity contribution in [1.29, 1.82) is 0 Å². The van der Waals surface area contributed by atoms with Gasteiger partial charge < -0.3 is 31.0 Å². The molecule has 4 fully saturated rings. The molecule has 0 aromatic heterocycles. The van der Waals surface area contributed by atoms with Crippen molar-refractivity contribution in [3.8, 4) is 0 Å². The van der Waals surface area contributed by atoms with Crippen LogP contribution in [-0.4, -0.2) is 148 Å². The summed E-state index contributed by atoms with van der Waals surface area (Å²) in [4.78, 5) is 29.7. The van der Waals surface area contributed by atoms with E-state index in [0.29, 0.717) is 47.1 Å². The Labute approximate surface area is 406 Å². The van der Waals surface area contributed by atoms with E-state index in [2.05, 4.69) is 43.1 Å². The molecule has 2 aromatic rings. The van der Waals surface area contributed by atoms with Gasteiger partial charge in [-0.3, -0.25) is 9.80 Å². The van der Waals surface area contributed by atoms with Crippen molar-refractivity contribution in [3.63, 3.8) is 0 Å². The molecular weight excluding hydrogens is 909 g/mol. The van der Waals surface area contributed by atoms with Crippen LogP contribution in [0.2, 0.25) is 0 Å². The van der Waals surface area contributed by atoms with Crippen LogP contribution >= 0.6 is 0 Å². The zero-order chi connectivity index (χ0) is 47.1. The number of rotatable bonds is 16. The van der Waals surface area contributed by atoms with E-state index in [9.17, 15) is 26.4 Å². The maximum atomic E-state index is 12.8. The van der Waals surface area contributed by atoms with Crippen LogP contribution in [0.4, 0.5) is 0 Å². The quantitative estimate of drug-likeness (QED) is 0.165. The molecule has 0 spiro atoms. The zero-order valence-corrected chi connectivity index (χ0v) is 42.3. The van der Waals surface area contributed by atoms with E-state index in [1.54, 1.807) is 12.1 Å². The van der Waals surface area contributed by atoms with Crippen LogP contribution in [0.3, 0.4) is 0 Å². The molecule has 2 saturated carbocycles. The Morgan fingerprint density at radius 2 is 0.941 bits per heavy atom. The maximum Gasteiger partial charge on any atom is 0.328 e. The van der Waals surface area contributed by atoms with E-state index in [4.69, 9.17) is 10.2 Å². The minimum Gasteiger partial charge on any atom is -0.478 e. The lowest BCUT2D eigenvalue weighted by Gasteiger charge is -2.33. The second kappa shape index (κ2) is 27.9. The monoisotopic (exact) mass is 991 g/mol. The first-order chi connectivity index (χ1) is 31.6. The van der Waals surface area contributed by atoms with Crippen LogP contribution in [-0.2, 0) is 55.6 Å². The topological polar surface area (TPSA) is 243 Å². The third-order valence-corrected chi connectivity index (χ3v) is 17.8. The lowest BCUT2D eigenvalue weighted by Crippen LogP contribution is -2.35. The SMILES string of the molecule is CN1CCCC1CCNS(=O)(=O)c1ccc2c(c1)CN(CC1CCCCC1)CC2.CN1CCC[C@H]1CCNS(=O)(=O)c1ccc2c(c1)CN(CC1CCCCC1)CC2.O.O.O=C(O)/C=C/C(=O)O. The van der Waals surface area contributed by atoms with Gasteiger partial charge >= 0.3 is 11.9 Å². The average Bonchev–Trinajstić information content (AvgIpc) is 3.92.